The van der Waals surface area contributed by atoms with Crippen LogP contribution < -0.4 is 10.1 Å². The summed E-state index contributed by atoms with van der Waals surface area (Å²) in [6.45, 7) is 3.28. The molecule has 38 heavy (non-hydrogen) atoms. The molecule has 1 aromatic carbocycles. The van der Waals surface area contributed by atoms with Crippen LogP contribution in [0.4, 0.5) is 26.3 Å². The van der Waals surface area contributed by atoms with Crippen LogP contribution in [-0.4, -0.2) is 61.1 Å². The van der Waals surface area contributed by atoms with E-state index in [0.717, 1.165) is 27.7 Å². The Labute approximate surface area is 211 Å². The molecule has 2 rings (SSSR count). The summed E-state index contributed by atoms with van der Waals surface area (Å²) in [4.78, 5) is 46.8. The van der Waals surface area contributed by atoms with Crippen LogP contribution in [0.25, 0.3) is 0 Å². The lowest BCUT2D eigenvalue weighted by atomic mass is 9.96. The van der Waals surface area contributed by atoms with Crippen molar-refractivity contribution < 1.29 is 69.2 Å². The minimum Gasteiger partial charge on any atom is -0.463 e. The Hall–Kier alpha value is -3.56. The number of ether oxygens (including phenoxy) is 5. The van der Waals surface area contributed by atoms with Crippen molar-refractivity contribution in [2.45, 2.75) is 70.7 Å². The average Bonchev–Trinajstić information content (AvgIpc) is 2.74. The third kappa shape index (κ3) is 8.49. The lowest BCUT2D eigenvalue weighted by molar-refractivity contribution is -0.257. The van der Waals surface area contributed by atoms with Crippen LogP contribution in [0.5, 0.6) is 5.75 Å². The Morgan fingerprint density at radius 2 is 1.32 bits per heavy atom. The Morgan fingerprint density at radius 3 is 1.74 bits per heavy atom. The summed E-state index contributed by atoms with van der Waals surface area (Å²) >= 11 is 0. The smallest absolute Gasteiger partial charge is 0.416 e. The molecule has 1 amide bonds. The van der Waals surface area contributed by atoms with Gasteiger partial charge in [-0.1, -0.05) is 0 Å². The molecule has 1 heterocycles. The van der Waals surface area contributed by atoms with E-state index in [-0.39, 0.29) is 18.2 Å². The van der Waals surface area contributed by atoms with Crippen molar-refractivity contribution in [3.8, 4) is 5.75 Å². The number of halogens is 6. The van der Waals surface area contributed by atoms with Gasteiger partial charge in [0.1, 0.15) is 24.5 Å². The SMILES string of the molecule is CC(=O)N[C@H]1[C@H](Oc2cc(C(F)(F)F)cc(C(F)(F)F)c2)O[C@H](COC(C)=O)[C@@H](OC(C)=O)[C@@H]1OC(C)=O. The van der Waals surface area contributed by atoms with Gasteiger partial charge in [0, 0.05) is 27.7 Å². The molecular weight excluding hydrogens is 536 g/mol. The summed E-state index contributed by atoms with van der Waals surface area (Å²) in [6.07, 6.45) is -17.0. The van der Waals surface area contributed by atoms with Crippen molar-refractivity contribution in [3.05, 3.63) is 29.3 Å². The van der Waals surface area contributed by atoms with Crippen molar-refractivity contribution in [2.24, 2.45) is 0 Å². The minimum atomic E-state index is -5.19. The molecule has 5 atom stereocenters. The van der Waals surface area contributed by atoms with Gasteiger partial charge in [-0.3, -0.25) is 19.2 Å². The normalized spacial score (nSPS) is 23.7. The van der Waals surface area contributed by atoms with Crippen molar-refractivity contribution in [1.29, 1.82) is 0 Å². The second-order valence-electron chi connectivity index (χ2n) is 8.08. The van der Waals surface area contributed by atoms with Gasteiger partial charge in [-0.15, -0.1) is 0 Å². The second-order valence-corrected chi connectivity index (χ2v) is 8.08. The largest absolute Gasteiger partial charge is 0.463 e. The third-order valence-corrected chi connectivity index (χ3v) is 4.88. The van der Waals surface area contributed by atoms with Gasteiger partial charge in [0.15, 0.2) is 12.2 Å². The molecule has 16 heteroatoms. The lowest BCUT2D eigenvalue weighted by Gasteiger charge is -2.44. The number of esters is 3. The summed E-state index contributed by atoms with van der Waals surface area (Å²) in [5.41, 5.74) is -3.39. The Balaban J connectivity index is 2.62. The maximum absolute atomic E-state index is 13.3. The van der Waals surface area contributed by atoms with Crippen molar-refractivity contribution in [1.82, 2.24) is 5.32 Å². The molecule has 0 bridgehead atoms. The van der Waals surface area contributed by atoms with E-state index >= 15 is 0 Å². The fourth-order valence-corrected chi connectivity index (χ4v) is 3.52. The maximum atomic E-state index is 13.3. The molecule has 1 aliphatic heterocycles. The van der Waals surface area contributed by atoms with E-state index < -0.39 is 90.3 Å². The van der Waals surface area contributed by atoms with Gasteiger partial charge in [-0.05, 0) is 18.2 Å². The molecule has 212 valence electrons. The van der Waals surface area contributed by atoms with E-state index in [1.807, 2.05) is 0 Å². The fourth-order valence-electron chi connectivity index (χ4n) is 3.52. The van der Waals surface area contributed by atoms with Crippen LogP contribution in [-0.2, 0) is 50.5 Å². The topological polar surface area (TPSA) is 126 Å². The number of alkyl halides is 6. The van der Waals surface area contributed by atoms with Crippen LogP contribution in [0.2, 0.25) is 0 Å². The van der Waals surface area contributed by atoms with Crippen LogP contribution in [0.3, 0.4) is 0 Å². The average molecular weight is 559 g/mol. The number of carbonyl (C=O) groups excluding carboxylic acids is 4. The molecule has 0 aliphatic carbocycles. The standard InChI is InChI=1S/C22H23F6NO9/c1-9(30)29-17-19(36-12(4)33)18(35-11(3)32)16(8-34-10(2)31)38-20(17)37-15-6-13(21(23,24)25)5-14(7-15)22(26,27)28/h5-7,16-20H,8H2,1-4H3,(H,29,30)/t16-,17-,18-,19-,20-/m1/s1. The van der Waals surface area contributed by atoms with Gasteiger partial charge < -0.3 is 29.0 Å². The zero-order valence-electron chi connectivity index (χ0n) is 20.3. The molecule has 1 aliphatic rings. The minimum absolute atomic E-state index is 0.123. The van der Waals surface area contributed by atoms with E-state index in [2.05, 4.69) is 5.32 Å². The molecule has 0 aromatic heterocycles. The van der Waals surface area contributed by atoms with Gasteiger partial charge >= 0.3 is 30.3 Å². The molecule has 1 N–H and O–H groups in total. The Bertz CT molecular complexity index is 1030. The van der Waals surface area contributed by atoms with Gasteiger partial charge in [0.05, 0.1) is 11.1 Å². The molecule has 10 nitrogen and oxygen atoms in total. The molecule has 0 spiro atoms. The molecule has 1 saturated heterocycles. The van der Waals surface area contributed by atoms with Crippen molar-refractivity contribution in [2.75, 3.05) is 6.61 Å². The summed E-state index contributed by atoms with van der Waals surface area (Å²) in [5, 5.41) is 2.28. The molecule has 1 aromatic rings. The predicted octanol–water partition coefficient (Wildman–Crippen LogP) is 2.76. The first-order valence-corrected chi connectivity index (χ1v) is 10.7. The number of amides is 1. The monoisotopic (exact) mass is 559 g/mol. The number of rotatable bonds is 7. The van der Waals surface area contributed by atoms with Gasteiger partial charge in [-0.2, -0.15) is 26.3 Å². The molecule has 1 fully saturated rings. The highest BCUT2D eigenvalue weighted by Crippen LogP contribution is 2.39. The first-order chi connectivity index (χ1) is 17.4. The number of hydrogen-bond acceptors (Lipinski definition) is 9. The quantitative estimate of drug-likeness (QED) is 0.305. The van der Waals surface area contributed by atoms with Gasteiger partial charge in [0.2, 0.25) is 12.2 Å². The van der Waals surface area contributed by atoms with Crippen LogP contribution in [0.15, 0.2) is 18.2 Å². The summed E-state index contributed by atoms with van der Waals surface area (Å²) in [7, 11) is 0. The number of carbonyl (C=O) groups is 4. The maximum Gasteiger partial charge on any atom is 0.416 e. The number of benzene rings is 1. The third-order valence-electron chi connectivity index (χ3n) is 4.88. The van der Waals surface area contributed by atoms with E-state index in [4.69, 9.17) is 23.7 Å². The highest BCUT2D eigenvalue weighted by atomic mass is 19.4. The first kappa shape index (κ1) is 30.7. The van der Waals surface area contributed by atoms with Crippen molar-refractivity contribution >= 4 is 23.8 Å². The van der Waals surface area contributed by atoms with E-state index in [0.29, 0.717) is 0 Å². The highest BCUT2D eigenvalue weighted by Gasteiger charge is 2.52. The lowest BCUT2D eigenvalue weighted by Crippen LogP contribution is -2.67. The number of hydrogen-bond donors (Lipinski definition) is 1. The van der Waals surface area contributed by atoms with Crippen LogP contribution in [0, 0.1) is 0 Å². The second kappa shape index (κ2) is 11.9. The van der Waals surface area contributed by atoms with Gasteiger partial charge in [0.25, 0.3) is 0 Å². The summed E-state index contributed by atoms with van der Waals surface area (Å²) in [6, 6.07) is -1.20. The van der Waals surface area contributed by atoms with E-state index in [1.54, 1.807) is 0 Å². The van der Waals surface area contributed by atoms with Gasteiger partial charge in [-0.25, -0.2) is 0 Å². The Morgan fingerprint density at radius 1 is 0.816 bits per heavy atom. The fraction of sp³-hybridized carbons (Fsp3) is 0.545. The zero-order chi connectivity index (χ0) is 29.0. The number of nitrogens with one attached hydrogen (secondary N) is 1. The molecule has 0 unspecified atom stereocenters. The Kier molecular flexibility index (Phi) is 9.58. The van der Waals surface area contributed by atoms with Crippen molar-refractivity contribution in [3.63, 3.8) is 0 Å². The zero-order valence-corrected chi connectivity index (χ0v) is 20.3. The summed E-state index contributed by atoms with van der Waals surface area (Å²) < 4.78 is 106. The predicted molar refractivity (Wildman–Crippen MR) is 111 cm³/mol. The first-order valence-electron chi connectivity index (χ1n) is 10.7. The van der Waals surface area contributed by atoms with E-state index in [9.17, 15) is 45.5 Å². The molecular formula is C22H23F6NO9. The highest BCUT2D eigenvalue weighted by molar-refractivity contribution is 5.73. The van der Waals surface area contributed by atoms with E-state index in [1.165, 1.54) is 0 Å². The van der Waals surface area contributed by atoms with Crippen LogP contribution in [0.1, 0.15) is 38.8 Å². The molecule has 0 saturated carbocycles. The van der Waals surface area contributed by atoms with Crippen LogP contribution >= 0.6 is 0 Å². The summed E-state index contributed by atoms with van der Waals surface area (Å²) in [5.74, 6) is -4.48. The molecule has 0 radical (unpaired) electrons.